The molecular formula is C23H21F3N4O3. The predicted molar refractivity (Wildman–Crippen MR) is 113 cm³/mol. The van der Waals surface area contributed by atoms with Crippen molar-refractivity contribution in [2.75, 3.05) is 18.7 Å². The van der Waals surface area contributed by atoms with E-state index in [-0.39, 0.29) is 24.6 Å². The Kier molecular flexibility index (Phi) is 5.35. The van der Waals surface area contributed by atoms with Gasteiger partial charge in [0.25, 0.3) is 5.91 Å². The fraction of sp³-hybridized carbons (Fsp3) is 0.304. The molecule has 0 bridgehead atoms. The Bertz CT molecular complexity index is 1160. The summed E-state index contributed by atoms with van der Waals surface area (Å²) in [5, 5.41) is 9.77. The Labute approximate surface area is 187 Å². The van der Waals surface area contributed by atoms with Crippen molar-refractivity contribution >= 4 is 11.7 Å². The summed E-state index contributed by atoms with van der Waals surface area (Å²) < 4.78 is 53.2. The van der Waals surface area contributed by atoms with Crippen LogP contribution in [0.1, 0.15) is 40.0 Å². The normalized spacial score (nSPS) is 19.0. The minimum Gasteiger partial charge on any atom is -0.454 e. The van der Waals surface area contributed by atoms with Crippen molar-refractivity contribution in [3.05, 3.63) is 71.4 Å². The van der Waals surface area contributed by atoms with Crippen molar-refractivity contribution in [2.24, 2.45) is 0 Å². The molecule has 172 valence electrons. The molecule has 2 N–H and O–H groups in total. The van der Waals surface area contributed by atoms with Crippen molar-refractivity contribution in [2.45, 2.75) is 31.1 Å². The highest BCUT2D eigenvalue weighted by molar-refractivity contribution is 5.98. The number of ether oxygens (including phenoxy) is 2. The van der Waals surface area contributed by atoms with Crippen LogP contribution < -0.4 is 20.1 Å². The second-order valence-corrected chi connectivity index (χ2v) is 7.95. The first-order chi connectivity index (χ1) is 15.9. The van der Waals surface area contributed by atoms with Crippen molar-refractivity contribution in [1.82, 2.24) is 15.1 Å². The van der Waals surface area contributed by atoms with Crippen LogP contribution in [-0.4, -0.2) is 35.2 Å². The summed E-state index contributed by atoms with van der Waals surface area (Å²) in [5.74, 6) is 0.594. The molecule has 1 amide bonds. The third kappa shape index (κ3) is 4.20. The van der Waals surface area contributed by atoms with E-state index in [1.165, 1.54) is 6.20 Å². The first kappa shape index (κ1) is 21.2. The van der Waals surface area contributed by atoms with Crippen molar-refractivity contribution < 1.29 is 27.4 Å². The topological polar surface area (TPSA) is 77.4 Å². The van der Waals surface area contributed by atoms with Crippen LogP contribution in [-0.2, 0) is 6.42 Å². The third-order valence-electron chi connectivity index (χ3n) is 5.82. The van der Waals surface area contributed by atoms with E-state index in [4.69, 9.17) is 9.47 Å². The zero-order valence-electron chi connectivity index (χ0n) is 17.4. The number of nitrogens with zero attached hydrogens (tertiary/aromatic N) is 2. The molecule has 0 saturated carbocycles. The zero-order valence-corrected chi connectivity index (χ0v) is 17.4. The van der Waals surface area contributed by atoms with E-state index in [0.717, 1.165) is 10.2 Å². The lowest BCUT2D eigenvalue weighted by Crippen LogP contribution is -2.36. The van der Waals surface area contributed by atoms with E-state index >= 15 is 0 Å². The molecule has 3 aromatic rings. The van der Waals surface area contributed by atoms with Gasteiger partial charge in [0.15, 0.2) is 17.5 Å². The van der Waals surface area contributed by atoms with E-state index in [2.05, 4.69) is 15.7 Å². The summed E-state index contributed by atoms with van der Waals surface area (Å²) >= 11 is 0. The highest BCUT2D eigenvalue weighted by Gasteiger charge is 2.47. The van der Waals surface area contributed by atoms with E-state index in [1.807, 2.05) is 30.3 Å². The van der Waals surface area contributed by atoms with Gasteiger partial charge in [-0.3, -0.25) is 4.79 Å². The van der Waals surface area contributed by atoms with Gasteiger partial charge in [0.05, 0.1) is 12.2 Å². The van der Waals surface area contributed by atoms with Crippen molar-refractivity contribution in [3.8, 4) is 11.5 Å². The Morgan fingerprint density at radius 2 is 1.94 bits per heavy atom. The first-order valence-corrected chi connectivity index (χ1v) is 10.5. The van der Waals surface area contributed by atoms with Crippen LogP contribution in [0.5, 0.6) is 11.5 Å². The molecule has 2 aromatic carbocycles. The number of halogens is 3. The van der Waals surface area contributed by atoms with Gasteiger partial charge in [-0.1, -0.05) is 36.4 Å². The molecule has 0 spiro atoms. The molecule has 2 aliphatic rings. The molecule has 2 aliphatic heterocycles. The number of fused-ring (bicyclic) bond motifs is 2. The molecule has 0 fully saturated rings. The Morgan fingerprint density at radius 1 is 1.15 bits per heavy atom. The molecule has 3 heterocycles. The van der Waals surface area contributed by atoms with Gasteiger partial charge in [0.2, 0.25) is 6.79 Å². The quantitative estimate of drug-likeness (QED) is 0.598. The van der Waals surface area contributed by atoms with Gasteiger partial charge in [-0.2, -0.15) is 18.3 Å². The second-order valence-electron chi connectivity index (χ2n) is 7.95. The SMILES string of the molecule is O=C(NCCc1ccccc1)c1cnn2c1NC(c1ccc3c(c1)OCO3)CC2C(F)(F)F. The number of carbonyl (C=O) groups excluding carboxylic acids is 1. The van der Waals surface area contributed by atoms with E-state index in [9.17, 15) is 18.0 Å². The molecule has 0 aliphatic carbocycles. The summed E-state index contributed by atoms with van der Waals surface area (Å²) in [6.45, 7) is 0.421. The summed E-state index contributed by atoms with van der Waals surface area (Å²) in [4.78, 5) is 12.8. The summed E-state index contributed by atoms with van der Waals surface area (Å²) in [6, 6.07) is 12.1. The van der Waals surface area contributed by atoms with Crippen LogP contribution in [0, 0.1) is 0 Å². The zero-order chi connectivity index (χ0) is 23.0. The minimum absolute atomic E-state index is 0.0449. The summed E-state index contributed by atoms with van der Waals surface area (Å²) in [7, 11) is 0. The number of aromatic nitrogens is 2. The number of alkyl halides is 3. The van der Waals surface area contributed by atoms with Crippen LogP contribution >= 0.6 is 0 Å². The summed E-state index contributed by atoms with van der Waals surface area (Å²) in [6.07, 6.45) is -3.01. The lowest BCUT2D eigenvalue weighted by atomic mass is 9.96. The first-order valence-electron chi connectivity index (χ1n) is 10.5. The van der Waals surface area contributed by atoms with Gasteiger partial charge in [-0.15, -0.1) is 0 Å². The van der Waals surface area contributed by atoms with E-state index in [0.29, 0.717) is 30.0 Å². The predicted octanol–water partition coefficient (Wildman–Crippen LogP) is 4.24. The lowest BCUT2D eigenvalue weighted by molar-refractivity contribution is -0.173. The average Bonchev–Trinajstić information content (AvgIpc) is 3.44. The van der Waals surface area contributed by atoms with Crippen LogP contribution in [0.3, 0.4) is 0 Å². The maximum Gasteiger partial charge on any atom is 0.410 e. The molecule has 0 radical (unpaired) electrons. The molecule has 2 atom stereocenters. The van der Waals surface area contributed by atoms with Gasteiger partial charge in [-0.05, 0) is 29.7 Å². The number of benzene rings is 2. The van der Waals surface area contributed by atoms with Crippen LogP contribution in [0.15, 0.2) is 54.7 Å². The molecular weight excluding hydrogens is 437 g/mol. The molecule has 0 saturated heterocycles. The molecule has 10 heteroatoms. The number of nitrogens with one attached hydrogen (secondary N) is 2. The highest BCUT2D eigenvalue weighted by atomic mass is 19.4. The maximum absolute atomic E-state index is 13.9. The number of hydrogen-bond acceptors (Lipinski definition) is 5. The van der Waals surface area contributed by atoms with Gasteiger partial charge in [0.1, 0.15) is 11.4 Å². The summed E-state index contributed by atoms with van der Waals surface area (Å²) in [5.41, 5.74) is 1.73. The van der Waals surface area contributed by atoms with Crippen LogP contribution in [0.25, 0.3) is 0 Å². The van der Waals surface area contributed by atoms with Crippen LogP contribution in [0.2, 0.25) is 0 Å². The van der Waals surface area contributed by atoms with Crippen molar-refractivity contribution in [1.29, 1.82) is 0 Å². The molecule has 33 heavy (non-hydrogen) atoms. The number of rotatable bonds is 5. The molecule has 7 nitrogen and oxygen atoms in total. The van der Waals surface area contributed by atoms with Gasteiger partial charge in [-0.25, -0.2) is 4.68 Å². The smallest absolute Gasteiger partial charge is 0.410 e. The molecule has 1 aromatic heterocycles. The van der Waals surface area contributed by atoms with E-state index < -0.39 is 24.2 Å². The van der Waals surface area contributed by atoms with Gasteiger partial charge in [0, 0.05) is 13.0 Å². The van der Waals surface area contributed by atoms with E-state index in [1.54, 1.807) is 18.2 Å². The largest absolute Gasteiger partial charge is 0.454 e. The molecule has 5 rings (SSSR count). The molecule has 2 unspecified atom stereocenters. The Hall–Kier alpha value is -3.69. The standard InChI is InChI=1S/C23H21F3N4O3/c24-23(25,26)20-11-17(15-6-7-18-19(10-15)33-13-32-18)29-21-16(12-28-30(20)21)22(31)27-9-8-14-4-2-1-3-5-14/h1-7,10,12,17,20,29H,8-9,11,13H2,(H,27,31). The lowest BCUT2D eigenvalue weighted by Gasteiger charge is -2.34. The minimum atomic E-state index is -4.53. The van der Waals surface area contributed by atoms with Gasteiger partial charge >= 0.3 is 6.18 Å². The monoisotopic (exact) mass is 458 g/mol. The average molecular weight is 458 g/mol. The number of carbonyl (C=O) groups is 1. The Balaban J connectivity index is 1.38. The second kappa shape index (κ2) is 8.34. The number of amides is 1. The fourth-order valence-corrected chi connectivity index (χ4v) is 4.14. The maximum atomic E-state index is 13.9. The van der Waals surface area contributed by atoms with Gasteiger partial charge < -0.3 is 20.1 Å². The Morgan fingerprint density at radius 3 is 2.73 bits per heavy atom. The van der Waals surface area contributed by atoms with Crippen molar-refractivity contribution in [3.63, 3.8) is 0 Å². The number of anilines is 1. The fourth-order valence-electron chi connectivity index (χ4n) is 4.14. The van der Waals surface area contributed by atoms with Crippen LogP contribution in [0.4, 0.5) is 19.0 Å². The third-order valence-corrected chi connectivity index (χ3v) is 5.82. The number of hydrogen-bond donors (Lipinski definition) is 2. The highest BCUT2D eigenvalue weighted by Crippen LogP contribution is 2.45.